The summed E-state index contributed by atoms with van der Waals surface area (Å²) in [6.07, 6.45) is 5.09. The molecule has 0 heterocycles. The Bertz CT molecular complexity index is 127. The predicted octanol–water partition coefficient (Wildman–Crippen LogP) is 3.65. The van der Waals surface area contributed by atoms with Gasteiger partial charge in [0.15, 0.2) is 0 Å². The Morgan fingerprint density at radius 1 is 0.800 bits per heavy atom. The van der Waals surface area contributed by atoms with Crippen molar-refractivity contribution < 1.29 is 9.47 Å². The normalized spacial score (nSPS) is 12.0. The van der Waals surface area contributed by atoms with E-state index in [4.69, 9.17) is 9.47 Å². The zero-order valence-corrected chi connectivity index (χ0v) is 11.0. The molecule has 0 aromatic carbocycles. The molecule has 0 rings (SSSR count). The fraction of sp³-hybridized carbons (Fsp3) is 1.00. The highest BCUT2D eigenvalue weighted by Crippen LogP contribution is 2.12. The lowest BCUT2D eigenvalue weighted by Crippen LogP contribution is -2.17. The lowest BCUT2D eigenvalue weighted by Gasteiger charge is -2.17. The van der Waals surface area contributed by atoms with E-state index in [2.05, 4.69) is 27.7 Å². The average molecular weight is 216 g/mol. The molecule has 0 radical (unpaired) electrons. The molecular formula is C13H28O2. The van der Waals surface area contributed by atoms with Crippen molar-refractivity contribution in [3.8, 4) is 0 Å². The Balaban J connectivity index is 2.99. The lowest BCUT2D eigenvalue weighted by molar-refractivity contribution is 0.0186. The first-order valence-electron chi connectivity index (χ1n) is 6.22. The van der Waals surface area contributed by atoms with Crippen LogP contribution in [0.1, 0.15) is 53.4 Å². The quantitative estimate of drug-likeness (QED) is 0.548. The lowest BCUT2D eigenvalue weighted by atomic mass is 9.99. The van der Waals surface area contributed by atoms with E-state index in [1.54, 1.807) is 0 Å². The van der Waals surface area contributed by atoms with Crippen LogP contribution in [-0.4, -0.2) is 26.4 Å². The number of hydrogen-bond acceptors (Lipinski definition) is 2. The van der Waals surface area contributed by atoms with Gasteiger partial charge >= 0.3 is 0 Å². The van der Waals surface area contributed by atoms with Crippen molar-refractivity contribution in [1.29, 1.82) is 0 Å². The van der Waals surface area contributed by atoms with Gasteiger partial charge in [-0.3, -0.25) is 0 Å². The molecule has 0 atom stereocenters. The van der Waals surface area contributed by atoms with E-state index < -0.39 is 0 Å². The second-order valence-electron chi connectivity index (χ2n) is 5.29. The van der Waals surface area contributed by atoms with Gasteiger partial charge in [0.25, 0.3) is 0 Å². The number of hydrogen-bond donors (Lipinski definition) is 0. The highest BCUT2D eigenvalue weighted by atomic mass is 16.5. The van der Waals surface area contributed by atoms with Crippen LogP contribution in [0.3, 0.4) is 0 Å². The van der Waals surface area contributed by atoms with Gasteiger partial charge in [-0.1, -0.05) is 47.0 Å². The van der Waals surface area contributed by atoms with Crippen molar-refractivity contribution >= 4 is 0 Å². The van der Waals surface area contributed by atoms with Crippen LogP contribution in [0.15, 0.2) is 0 Å². The van der Waals surface area contributed by atoms with E-state index in [9.17, 15) is 0 Å². The maximum absolute atomic E-state index is 5.50. The molecule has 2 nitrogen and oxygen atoms in total. The Kier molecular flexibility index (Phi) is 9.12. The third-order valence-electron chi connectivity index (χ3n) is 2.05. The SMILES string of the molecule is CCCCCCOCCOCC(C)(C)C. The fourth-order valence-corrected chi connectivity index (χ4v) is 1.23. The molecule has 0 aliphatic heterocycles. The van der Waals surface area contributed by atoms with E-state index >= 15 is 0 Å². The van der Waals surface area contributed by atoms with Gasteiger partial charge in [0.05, 0.1) is 19.8 Å². The maximum Gasteiger partial charge on any atom is 0.0700 e. The molecule has 0 aliphatic carbocycles. The van der Waals surface area contributed by atoms with Crippen molar-refractivity contribution in [2.75, 3.05) is 26.4 Å². The molecule has 0 N–H and O–H groups in total. The van der Waals surface area contributed by atoms with E-state index in [0.717, 1.165) is 26.4 Å². The largest absolute Gasteiger partial charge is 0.379 e. The van der Waals surface area contributed by atoms with Crippen molar-refractivity contribution in [3.05, 3.63) is 0 Å². The van der Waals surface area contributed by atoms with Gasteiger partial charge in [-0.05, 0) is 11.8 Å². The van der Waals surface area contributed by atoms with Gasteiger partial charge in [-0.2, -0.15) is 0 Å². The third-order valence-corrected chi connectivity index (χ3v) is 2.05. The molecule has 0 aliphatic rings. The van der Waals surface area contributed by atoms with Crippen LogP contribution < -0.4 is 0 Å². The van der Waals surface area contributed by atoms with E-state index in [1.807, 2.05) is 0 Å². The Morgan fingerprint density at radius 2 is 1.47 bits per heavy atom. The topological polar surface area (TPSA) is 18.5 Å². The molecule has 0 fully saturated rings. The zero-order valence-electron chi connectivity index (χ0n) is 11.0. The van der Waals surface area contributed by atoms with Crippen LogP contribution >= 0.6 is 0 Å². The molecule has 15 heavy (non-hydrogen) atoms. The van der Waals surface area contributed by atoms with Crippen LogP contribution in [0, 0.1) is 5.41 Å². The second kappa shape index (κ2) is 9.17. The van der Waals surface area contributed by atoms with Crippen LogP contribution in [0.2, 0.25) is 0 Å². The Morgan fingerprint density at radius 3 is 2.07 bits per heavy atom. The van der Waals surface area contributed by atoms with Crippen molar-refractivity contribution in [2.45, 2.75) is 53.4 Å². The smallest absolute Gasteiger partial charge is 0.0700 e. The van der Waals surface area contributed by atoms with Crippen molar-refractivity contribution in [2.24, 2.45) is 5.41 Å². The standard InChI is InChI=1S/C13H28O2/c1-5-6-7-8-9-14-10-11-15-12-13(2,3)4/h5-12H2,1-4H3. The third kappa shape index (κ3) is 13.9. The number of unbranched alkanes of at least 4 members (excludes halogenated alkanes) is 3. The van der Waals surface area contributed by atoms with E-state index in [-0.39, 0.29) is 5.41 Å². The molecule has 0 unspecified atom stereocenters. The van der Waals surface area contributed by atoms with Gasteiger partial charge in [0.2, 0.25) is 0 Å². The van der Waals surface area contributed by atoms with Gasteiger partial charge < -0.3 is 9.47 Å². The number of ether oxygens (including phenoxy) is 2. The molecule has 0 aromatic heterocycles. The minimum absolute atomic E-state index is 0.265. The monoisotopic (exact) mass is 216 g/mol. The molecular weight excluding hydrogens is 188 g/mol. The van der Waals surface area contributed by atoms with E-state index in [1.165, 1.54) is 25.7 Å². The van der Waals surface area contributed by atoms with Crippen molar-refractivity contribution in [1.82, 2.24) is 0 Å². The summed E-state index contributed by atoms with van der Waals surface area (Å²) >= 11 is 0. The highest BCUT2D eigenvalue weighted by Gasteiger charge is 2.09. The average Bonchev–Trinajstić information content (AvgIpc) is 2.14. The Hall–Kier alpha value is -0.0800. The first-order valence-corrected chi connectivity index (χ1v) is 6.22. The summed E-state index contributed by atoms with van der Waals surface area (Å²) in [5.74, 6) is 0. The summed E-state index contributed by atoms with van der Waals surface area (Å²) in [5.41, 5.74) is 0.265. The number of rotatable bonds is 9. The minimum atomic E-state index is 0.265. The van der Waals surface area contributed by atoms with Crippen molar-refractivity contribution in [3.63, 3.8) is 0 Å². The fourth-order valence-electron chi connectivity index (χ4n) is 1.23. The summed E-state index contributed by atoms with van der Waals surface area (Å²) in [6, 6.07) is 0. The summed E-state index contributed by atoms with van der Waals surface area (Å²) in [4.78, 5) is 0. The molecule has 0 spiro atoms. The second-order valence-corrected chi connectivity index (χ2v) is 5.29. The summed E-state index contributed by atoms with van der Waals surface area (Å²) in [7, 11) is 0. The van der Waals surface area contributed by atoms with Gasteiger partial charge in [-0.15, -0.1) is 0 Å². The van der Waals surface area contributed by atoms with Gasteiger partial charge in [0.1, 0.15) is 0 Å². The molecule has 0 aromatic rings. The van der Waals surface area contributed by atoms with Crippen LogP contribution in [0.5, 0.6) is 0 Å². The molecule has 0 saturated carbocycles. The molecule has 92 valence electrons. The van der Waals surface area contributed by atoms with Crippen LogP contribution in [-0.2, 0) is 9.47 Å². The molecule has 2 heteroatoms. The first-order chi connectivity index (χ1) is 7.06. The zero-order chi connectivity index (χ0) is 11.6. The predicted molar refractivity (Wildman–Crippen MR) is 65.2 cm³/mol. The summed E-state index contributed by atoms with van der Waals surface area (Å²) < 4.78 is 11.0. The summed E-state index contributed by atoms with van der Waals surface area (Å²) in [5, 5.41) is 0. The van der Waals surface area contributed by atoms with Crippen LogP contribution in [0.4, 0.5) is 0 Å². The van der Waals surface area contributed by atoms with E-state index in [0.29, 0.717) is 0 Å². The van der Waals surface area contributed by atoms with Crippen LogP contribution in [0.25, 0.3) is 0 Å². The molecule has 0 saturated heterocycles. The molecule has 0 bridgehead atoms. The summed E-state index contributed by atoms with van der Waals surface area (Å²) in [6.45, 7) is 11.9. The highest BCUT2D eigenvalue weighted by molar-refractivity contribution is 4.58. The first kappa shape index (κ1) is 14.9. The maximum atomic E-state index is 5.50. The minimum Gasteiger partial charge on any atom is -0.379 e. The van der Waals surface area contributed by atoms with Gasteiger partial charge in [-0.25, -0.2) is 0 Å². The molecule has 0 amide bonds. The van der Waals surface area contributed by atoms with Gasteiger partial charge in [0, 0.05) is 6.61 Å². The Labute approximate surface area is 95.3 Å².